The molecule has 4 aliphatic rings. The first-order valence-corrected chi connectivity index (χ1v) is 10.8. The Labute approximate surface area is 176 Å². The van der Waals surface area contributed by atoms with Crippen LogP contribution in [0.15, 0.2) is 24.3 Å². The summed E-state index contributed by atoms with van der Waals surface area (Å²) in [5, 5.41) is 9.35. The van der Waals surface area contributed by atoms with Gasteiger partial charge in [0.05, 0.1) is 11.5 Å². The number of fused-ring (bicyclic) bond motifs is 2. The molecular formula is C22H30N2O6. The van der Waals surface area contributed by atoms with E-state index in [2.05, 4.69) is 6.92 Å². The zero-order valence-corrected chi connectivity index (χ0v) is 17.6. The fourth-order valence-electron chi connectivity index (χ4n) is 5.43. The van der Waals surface area contributed by atoms with E-state index < -0.39 is 35.0 Å². The van der Waals surface area contributed by atoms with Crippen molar-refractivity contribution in [2.45, 2.75) is 50.4 Å². The van der Waals surface area contributed by atoms with Gasteiger partial charge in [-0.1, -0.05) is 31.6 Å². The number of esters is 1. The minimum absolute atomic E-state index is 0.0927. The molecule has 1 N–H and O–H groups in total. The maximum absolute atomic E-state index is 13.7. The third kappa shape index (κ3) is 3.00. The summed E-state index contributed by atoms with van der Waals surface area (Å²) >= 11 is 0. The first-order valence-electron chi connectivity index (χ1n) is 10.8. The lowest BCUT2D eigenvalue weighted by Crippen LogP contribution is -2.56. The molecule has 5 atom stereocenters. The van der Waals surface area contributed by atoms with Gasteiger partial charge in [0.25, 0.3) is 0 Å². The van der Waals surface area contributed by atoms with E-state index in [1.807, 2.05) is 12.2 Å². The normalized spacial score (nSPS) is 37.6. The number of likely N-dealkylation sites (tertiary alicyclic amines) is 1. The molecule has 30 heavy (non-hydrogen) atoms. The van der Waals surface area contributed by atoms with Crippen LogP contribution < -0.4 is 0 Å². The fourth-order valence-corrected chi connectivity index (χ4v) is 5.43. The maximum atomic E-state index is 13.7. The van der Waals surface area contributed by atoms with E-state index in [1.54, 1.807) is 24.0 Å². The van der Waals surface area contributed by atoms with E-state index in [9.17, 15) is 19.5 Å². The third-order valence-corrected chi connectivity index (χ3v) is 6.73. The molecule has 1 spiro atoms. The number of nitrogens with zero attached hydrogens (tertiary/aromatic N) is 2. The van der Waals surface area contributed by atoms with Crippen LogP contribution in [0.2, 0.25) is 0 Å². The Morgan fingerprint density at radius 2 is 1.90 bits per heavy atom. The number of hydrogen-bond acceptors (Lipinski definition) is 6. The second-order valence-corrected chi connectivity index (χ2v) is 8.68. The smallest absolute Gasteiger partial charge is 0.313 e. The van der Waals surface area contributed by atoms with Gasteiger partial charge in [-0.3, -0.25) is 14.4 Å². The first kappa shape index (κ1) is 21.1. The Bertz CT molecular complexity index is 794. The lowest BCUT2D eigenvalue weighted by molar-refractivity contribution is -0.157. The van der Waals surface area contributed by atoms with E-state index in [1.165, 1.54) is 4.90 Å². The van der Waals surface area contributed by atoms with Crippen LogP contribution in [0, 0.1) is 11.8 Å². The Kier molecular flexibility index (Phi) is 5.48. The molecule has 0 aromatic rings. The number of rotatable bonds is 6. The van der Waals surface area contributed by atoms with Gasteiger partial charge in [-0.2, -0.15) is 0 Å². The predicted octanol–water partition coefficient (Wildman–Crippen LogP) is 0.651. The number of carbonyl (C=O) groups is 3. The Hall–Kier alpha value is -2.19. The molecule has 2 fully saturated rings. The number of cyclic esters (lactones) is 1. The van der Waals surface area contributed by atoms with E-state index >= 15 is 0 Å². The molecule has 0 bridgehead atoms. The highest BCUT2D eigenvalue weighted by Gasteiger charge is 2.74. The average molecular weight is 418 g/mol. The van der Waals surface area contributed by atoms with Crippen molar-refractivity contribution in [3.8, 4) is 0 Å². The zero-order chi connectivity index (χ0) is 21.5. The Balaban J connectivity index is 1.81. The van der Waals surface area contributed by atoms with Gasteiger partial charge in [0.2, 0.25) is 11.8 Å². The van der Waals surface area contributed by atoms with Crippen LogP contribution in [0.3, 0.4) is 0 Å². The van der Waals surface area contributed by atoms with Crippen molar-refractivity contribution >= 4 is 17.8 Å². The molecule has 0 aromatic heterocycles. The highest BCUT2D eigenvalue weighted by Crippen LogP contribution is 2.57. The minimum Gasteiger partial charge on any atom is -0.461 e. The van der Waals surface area contributed by atoms with Crippen LogP contribution in [0.5, 0.6) is 0 Å². The third-order valence-electron chi connectivity index (χ3n) is 6.73. The summed E-state index contributed by atoms with van der Waals surface area (Å²) in [5.41, 5.74) is -2.26. The molecule has 4 heterocycles. The van der Waals surface area contributed by atoms with E-state index in [4.69, 9.17) is 9.47 Å². The summed E-state index contributed by atoms with van der Waals surface area (Å²) in [6.45, 7) is 5.17. The summed E-state index contributed by atoms with van der Waals surface area (Å²) in [6.07, 6.45) is 9.39. The number of ether oxygens (including phenoxy) is 2. The second kappa shape index (κ2) is 7.81. The van der Waals surface area contributed by atoms with E-state index in [0.29, 0.717) is 19.5 Å². The molecule has 2 amide bonds. The number of aliphatic hydroxyl groups excluding tert-OH is 1. The maximum Gasteiger partial charge on any atom is 0.313 e. The summed E-state index contributed by atoms with van der Waals surface area (Å²) in [4.78, 5) is 43.4. The molecule has 4 rings (SSSR count). The molecule has 8 heteroatoms. The van der Waals surface area contributed by atoms with E-state index in [0.717, 1.165) is 12.8 Å². The second-order valence-electron chi connectivity index (χ2n) is 8.68. The van der Waals surface area contributed by atoms with Gasteiger partial charge >= 0.3 is 5.97 Å². The van der Waals surface area contributed by atoms with Crippen molar-refractivity contribution in [2.75, 3.05) is 32.8 Å². The highest BCUT2D eigenvalue weighted by atomic mass is 16.6. The molecule has 0 aromatic carbocycles. The van der Waals surface area contributed by atoms with Gasteiger partial charge in [-0.15, -0.1) is 0 Å². The molecule has 0 radical (unpaired) electrons. The average Bonchev–Trinajstić information content (AvgIpc) is 2.97. The largest absolute Gasteiger partial charge is 0.461 e. The first-order chi connectivity index (χ1) is 14.4. The van der Waals surface area contributed by atoms with Crippen LogP contribution in [0.1, 0.15) is 33.1 Å². The lowest BCUT2D eigenvalue weighted by atomic mass is 9.75. The molecule has 4 aliphatic heterocycles. The molecule has 0 saturated carbocycles. The Morgan fingerprint density at radius 3 is 2.63 bits per heavy atom. The number of amides is 2. The quantitative estimate of drug-likeness (QED) is 0.503. The van der Waals surface area contributed by atoms with Crippen molar-refractivity contribution in [1.82, 2.24) is 9.80 Å². The van der Waals surface area contributed by atoms with Crippen LogP contribution >= 0.6 is 0 Å². The van der Waals surface area contributed by atoms with Crippen LogP contribution in [-0.4, -0.2) is 82.8 Å². The molecule has 0 aliphatic carbocycles. The molecule has 2 saturated heterocycles. The van der Waals surface area contributed by atoms with E-state index in [-0.39, 0.29) is 31.6 Å². The monoisotopic (exact) mass is 418 g/mol. The van der Waals surface area contributed by atoms with Crippen LogP contribution in [0.25, 0.3) is 0 Å². The van der Waals surface area contributed by atoms with Crippen LogP contribution in [-0.2, 0) is 23.9 Å². The minimum atomic E-state index is -1.23. The van der Waals surface area contributed by atoms with Gasteiger partial charge < -0.3 is 24.4 Å². The standard InChI is InChI=1S/C22H30N2O6/c1-3-4-10-23-11-5-9-22-15(16-20(28)29-14-6-8-21(16,2)30-22)18(26)24(12-7-13-25)17(22)19(23)27/h5-6,8-9,15-17,25H,3-4,7,10-14H2,1-2H3/t15-,16-,17?,21+,22-/m0/s1. The lowest BCUT2D eigenvalue weighted by Gasteiger charge is -2.37. The summed E-state index contributed by atoms with van der Waals surface area (Å²) in [5.74, 6) is -2.60. The van der Waals surface area contributed by atoms with Gasteiger partial charge in [0.15, 0.2) is 0 Å². The number of unbranched alkanes of at least 4 members (excludes halogenated alkanes) is 1. The van der Waals surface area contributed by atoms with Crippen molar-refractivity contribution in [3.05, 3.63) is 24.3 Å². The molecular weight excluding hydrogens is 388 g/mol. The fraction of sp³-hybridized carbons (Fsp3) is 0.682. The summed E-state index contributed by atoms with van der Waals surface area (Å²) < 4.78 is 11.9. The van der Waals surface area contributed by atoms with Crippen molar-refractivity contribution < 1.29 is 29.0 Å². The zero-order valence-electron chi connectivity index (χ0n) is 17.6. The SMILES string of the molecule is CCCCN1CC=C[C@]23O[C@]4(C)C=CCOC(=O)[C@@H]4[C@H]2C(=O)N(CCCO)C3C1=O. The van der Waals surface area contributed by atoms with Crippen molar-refractivity contribution in [1.29, 1.82) is 0 Å². The summed E-state index contributed by atoms with van der Waals surface area (Å²) in [7, 11) is 0. The number of carbonyl (C=O) groups excluding carboxylic acids is 3. The van der Waals surface area contributed by atoms with Gasteiger partial charge in [-0.25, -0.2) is 0 Å². The summed E-state index contributed by atoms with van der Waals surface area (Å²) in [6, 6.07) is -0.859. The van der Waals surface area contributed by atoms with Crippen LogP contribution in [0.4, 0.5) is 0 Å². The predicted molar refractivity (Wildman–Crippen MR) is 107 cm³/mol. The molecule has 1 unspecified atom stereocenters. The number of aliphatic hydroxyl groups is 1. The van der Waals surface area contributed by atoms with Gasteiger partial charge in [-0.05, 0) is 25.8 Å². The van der Waals surface area contributed by atoms with Gasteiger partial charge in [0, 0.05) is 26.2 Å². The molecule has 8 nitrogen and oxygen atoms in total. The van der Waals surface area contributed by atoms with Crippen molar-refractivity contribution in [2.24, 2.45) is 11.8 Å². The highest BCUT2D eigenvalue weighted by molar-refractivity contribution is 5.99. The Morgan fingerprint density at radius 1 is 1.10 bits per heavy atom. The number of hydrogen-bond donors (Lipinski definition) is 1. The van der Waals surface area contributed by atoms with Crippen molar-refractivity contribution in [3.63, 3.8) is 0 Å². The molecule has 164 valence electrons. The van der Waals surface area contributed by atoms with Gasteiger partial charge in [0.1, 0.15) is 24.2 Å². The topological polar surface area (TPSA) is 96.4 Å².